The summed E-state index contributed by atoms with van der Waals surface area (Å²) in [7, 11) is 0. The van der Waals surface area contributed by atoms with E-state index in [9.17, 15) is 9.59 Å². The van der Waals surface area contributed by atoms with Crippen LogP contribution in [0.4, 0.5) is 0 Å². The monoisotopic (exact) mass is 605 g/mol. The molecule has 1 saturated carbocycles. The first kappa shape index (κ1) is 30.1. The maximum Gasteiger partial charge on any atom is 0.254 e. The first-order valence-corrected chi connectivity index (χ1v) is 15.4. The molecular weight excluding hydrogens is 562 g/mol. The average Bonchev–Trinajstić information content (AvgIpc) is 3.37. The zero-order chi connectivity index (χ0) is 28.9. The SMILES string of the molecule is CC(C)N(CC(=O)N(Cc1cccn1Cc1ccc(Br)cc1)C1CCCCC1)C(=O)c1ccc(C(C)(C)C)cc1. The maximum absolute atomic E-state index is 14.0. The second-order valence-electron chi connectivity index (χ2n) is 12.4. The van der Waals surface area contributed by atoms with E-state index in [0.29, 0.717) is 12.1 Å². The summed E-state index contributed by atoms with van der Waals surface area (Å²) in [6.07, 6.45) is 7.63. The lowest BCUT2D eigenvalue weighted by Crippen LogP contribution is -2.49. The van der Waals surface area contributed by atoms with E-state index in [0.717, 1.165) is 42.4 Å². The molecule has 1 heterocycles. The number of aromatic nitrogens is 1. The second kappa shape index (κ2) is 13.2. The molecule has 0 atom stereocenters. The molecule has 0 spiro atoms. The minimum Gasteiger partial charge on any atom is -0.345 e. The number of rotatable bonds is 9. The van der Waals surface area contributed by atoms with E-state index in [-0.39, 0.29) is 35.9 Å². The number of carbonyl (C=O) groups is 2. The molecule has 0 saturated heterocycles. The second-order valence-corrected chi connectivity index (χ2v) is 13.3. The Bertz CT molecular complexity index is 1270. The smallest absolute Gasteiger partial charge is 0.254 e. The molecule has 40 heavy (non-hydrogen) atoms. The fraction of sp³-hybridized carbons (Fsp3) is 0.471. The van der Waals surface area contributed by atoms with E-state index in [4.69, 9.17) is 0 Å². The Labute approximate surface area is 248 Å². The summed E-state index contributed by atoms with van der Waals surface area (Å²) < 4.78 is 3.29. The molecule has 6 heteroatoms. The van der Waals surface area contributed by atoms with Crippen molar-refractivity contribution in [3.63, 3.8) is 0 Å². The quantitative estimate of drug-likeness (QED) is 0.250. The molecular formula is C34H44BrN3O2. The first-order chi connectivity index (χ1) is 19.0. The predicted molar refractivity (Wildman–Crippen MR) is 166 cm³/mol. The van der Waals surface area contributed by atoms with Gasteiger partial charge in [0.25, 0.3) is 5.91 Å². The molecule has 5 nitrogen and oxygen atoms in total. The van der Waals surface area contributed by atoms with Gasteiger partial charge >= 0.3 is 0 Å². The zero-order valence-electron chi connectivity index (χ0n) is 24.7. The average molecular weight is 607 g/mol. The van der Waals surface area contributed by atoms with Gasteiger partial charge in [0, 0.05) is 40.6 Å². The highest BCUT2D eigenvalue weighted by molar-refractivity contribution is 9.10. The van der Waals surface area contributed by atoms with Gasteiger partial charge in [0.15, 0.2) is 0 Å². The molecule has 2 amide bonds. The Morgan fingerprint density at radius 2 is 1.60 bits per heavy atom. The zero-order valence-corrected chi connectivity index (χ0v) is 26.3. The lowest BCUT2D eigenvalue weighted by atomic mass is 9.86. The summed E-state index contributed by atoms with van der Waals surface area (Å²) in [6.45, 7) is 11.9. The van der Waals surface area contributed by atoms with Crippen LogP contribution in [0.1, 0.15) is 93.9 Å². The number of hydrogen-bond donors (Lipinski definition) is 0. The van der Waals surface area contributed by atoms with Gasteiger partial charge in [-0.1, -0.05) is 80.2 Å². The van der Waals surface area contributed by atoms with Gasteiger partial charge in [0.2, 0.25) is 5.91 Å². The highest BCUT2D eigenvalue weighted by atomic mass is 79.9. The summed E-state index contributed by atoms with van der Waals surface area (Å²) in [4.78, 5) is 31.4. The van der Waals surface area contributed by atoms with Crippen molar-refractivity contribution >= 4 is 27.7 Å². The molecule has 1 aliphatic carbocycles. The van der Waals surface area contributed by atoms with E-state index in [2.05, 4.69) is 88.8 Å². The highest BCUT2D eigenvalue weighted by Gasteiger charge is 2.30. The third-order valence-corrected chi connectivity index (χ3v) is 8.57. The Morgan fingerprint density at radius 1 is 0.950 bits per heavy atom. The van der Waals surface area contributed by atoms with Gasteiger partial charge in [-0.05, 0) is 79.6 Å². The fourth-order valence-electron chi connectivity index (χ4n) is 5.53. The molecule has 3 aromatic rings. The van der Waals surface area contributed by atoms with Gasteiger partial charge in [-0.25, -0.2) is 0 Å². The van der Waals surface area contributed by atoms with Crippen LogP contribution in [-0.2, 0) is 23.3 Å². The summed E-state index contributed by atoms with van der Waals surface area (Å²) in [5.74, 6) is -0.0670. The topological polar surface area (TPSA) is 45.6 Å². The Balaban J connectivity index is 1.54. The van der Waals surface area contributed by atoms with Crippen LogP contribution in [-0.4, -0.2) is 44.8 Å². The van der Waals surface area contributed by atoms with E-state index >= 15 is 0 Å². The van der Waals surface area contributed by atoms with Crippen molar-refractivity contribution in [2.24, 2.45) is 0 Å². The van der Waals surface area contributed by atoms with Gasteiger partial charge < -0.3 is 14.4 Å². The van der Waals surface area contributed by atoms with Crippen molar-refractivity contribution in [3.05, 3.63) is 93.7 Å². The van der Waals surface area contributed by atoms with Gasteiger partial charge in [0.1, 0.15) is 6.54 Å². The number of benzene rings is 2. The Kier molecular flexibility index (Phi) is 9.94. The van der Waals surface area contributed by atoms with Crippen molar-refractivity contribution in [1.82, 2.24) is 14.4 Å². The van der Waals surface area contributed by atoms with Crippen molar-refractivity contribution in [2.45, 2.75) is 97.3 Å². The molecule has 0 N–H and O–H groups in total. The number of carbonyl (C=O) groups excluding carboxylic acids is 2. The highest BCUT2D eigenvalue weighted by Crippen LogP contribution is 2.26. The van der Waals surface area contributed by atoms with Crippen molar-refractivity contribution in [1.29, 1.82) is 0 Å². The third-order valence-electron chi connectivity index (χ3n) is 8.05. The van der Waals surface area contributed by atoms with Crippen LogP contribution in [0.15, 0.2) is 71.3 Å². The van der Waals surface area contributed by atoms with Crippen LogP contribution in [0.25, 0.3) is 0 Å². The first-order valence-electron chi connectivity index (χ1n) is 14.6. The van der Waals surface area contributed by atoms with E-state index in [1.54, 1.807) is 4.90 Å². The van der Waals surface area contributed by atoms with Crippen LogP contribution in [0, 0.1) is 0 Å². The van der Waals surface area contributed by atoms with Crippen molar-refractivity contribution in [2.75, 3.05) is 6.54 Å². The normalized spacial score (nSPS) is 14.4. The van der Waals surface area contributed by atoms with Crippen molar-refractivity contribution in [3.8, 4) is 0 Å². The lowest BCUT2D eigenvalue weighted by Gasteiger charge is -2.37. The van der Waals surface area contributed by atoms with E-state index < -0.39 is 0 Å². The summed E-state index contributed by atoms with van der Waals surface area (Å²) in [5.41, 5.74) is 4.16. The Hall–Kier alpha value is -2.86. The van der Waals surface area contributed by atoms with E-state index in [1.165, 1.54) is 17.5 Å². The number of nitrogens with zero attached hydrogens (tertiary/aromatic N) is 3. The fourth-order valence-corrected chi connectivity index (χ4v) is 5.79. The van der Waals surface area contributed by atoms with Crippen LogP contribution >= 0.6 is 15.9 Å². The molecule has 2 aromatic carbocycles. The van der Waals surface area contributed by atoms with Gasteiger partial charge in [-0.3, -0.25) is 9.59 Å². The molecule has 4 rings (SSSR count). The number of halogens is 1. The summed E-state index contributed by atoms with van der Waals surface area (Å²) in [5, 5.41) is 0. The molecule has 0 radical (unpaired) electrons. The molecule has 0 aliphatic heterocycles. The minimum absolute atomic E-state index is 0.0187. The van der Waals surface area contributed by atoms with E-state index in [1.807, 2.05) is 38.1 Å². The maximum atomic E-state index is 14.0. The molecule has 1 fully saturated rings. The molecule has 0 unspecified atom stereocenters. The van der Waals surface area contributed by atoms with Crippen LogP contribution in [0.5, 0.6) is 0 Å². The standard InChI is InChI=1S/C34H44BrN3O2/c1-25(2)37(33(40)27-15-17-28(18-16-27)34(3,4)5)24-32(39)38(30-10-7-6-8-11-30)23-31-12-9-21-36(31)22-26-13-19-29(35)20-14-26/h9,12-21,25,30H,6-8,10-11,22-24H2,1-5H3. The number of hydrogen-bond acceptors (Lipinski definition) is 2. The molecule has 1 aliphatic rings. The predicted octanol–water partition coefficient (Wildman–Crippen LogP) is 7.81. The van der Waals surface area contributed by atoms with Crippen LogP contribution < -0.4 is 0 Å². The third kappa shape index (κ3) is 7.66. The van der Waals surface area contributed by atoms with Gasteiger partial charge in [0.05, 0.1) is 6.54 Å². The van der Waals surface area contributed by atoms with Crippen molar-refractivity contribution < 1.29 is 9.59 Å². The Morgan fingerprint density at radius 3 is 2.20 bits per heavy atom. The summed E-state index contributed by atoms with van der Waals surface area (Å²) in [6, 6.07) is 20.5. The van der Waals surface area contributed by atoms with Crippen LogP contribution in [0.2, 0.25) is 0 Å². The largest absolute Gasteiger partial charge is 0.345 e. The molecule has 0 bridgehead atoms. The lowest BCUT2D eigenvalue weighted by molar-refractivity contribution is -0.136. The van der Waals surface area contributed by atoms with Gasteiger partial charge in [-0.15, -0.1) is 0 Å². The molecule has 1 aromatic heterocycles. The molecule has 214 valence electrons. The number of amides is 2. The minimum atomic E-state index is -0.0917. The van der Waals surface area contributed by atoms with Crippen LogP contribution in [0.3, 0.4) is 0 Å². The summed E-state index contributed by atoms with van der Waals surface area (Å²) >= 11 is 3.52. The van der Waals surface area contributed by atoms with Gasteiger partial charge in [-0.2, -0.15) is 0 Å².